The number of aromatic nitrogens is 1. The molecule has 4 rings (SSSR count). The van der Waals surface area contributed by atoms with E-state index in [1.165, 1.54) is 11.3 Å². The Morgan fingerprint density at radius 2 is 2.00 bits per heavy atom. The number of nitrogens with one attached hydrogen (secondary N) is 2. The fourth-order valence-corrected chi connectivity index (χ4v) is 5.63. The number of hydrogen-bond acceptors (Lipinski definition) is 9. The van der Waals surface area contributed by atoms with Gasteiger partial charge in [0.05, 0.1) is 24.0 Å². The summed E-state index contributed by atoms with van der Waals surface area (Å²) in [5, 5.41) is 8.36. The van der Waals surface area contributed by atoms with Crippen molar-refractivity contribution in [1.82, 2.24) is 20.1 Å². The molecule has 2 aliphatic heterocycles. The number of benzene rings is 1. The van der Waals surface area contributed by atoms with Crippen LogP contribution in [0.4, 0.5) is 10.8 Å². The number of likely N-dealkylation sites (N-methyl/N-ethyl adjacent to an activating group) is 1. The molecule has 2 amide bonds. The van der Waals surface area contributed by atoms with E-state index in [1.54, 1.807) is 19.6 Å². The molecule has 37 heavy (non-hydrogen) atoms. The number of ether oxygens (including phenoxy) is 2. The zero-order valence-electron chi connectivity index (χ0n) is 22.2. The predicted octanol–water partition coefficient (Wildman–Crippen LogP) is 2.13. The molecular weight excluding hydrogens is 492 g/mol. The van der Waals surface area contributed by atoms with Crippen LogP contribution in [0.3, 0.4) is 0 Å². The van der Waals surface area contributed by atoms with E-state index in [0.29, 0.717) is 36.1 Å². The van der Waals surface area contributed by atoms with Gasteiger partial charge in [-0.1, -0.05) is 6.07 Å². The Morgan fingerprint density at radius 1 is 1.16 bits per heavy atom. The molecule has 10 nitrogen and oxygen atoms in total. The number of amides is 2. The molecule has 0 aliphatic carbocycles. The first-order chi connectivity index (χ1) is 17.9. The molecule has 0 spiro atoms. The summed E-state index contributed by atoms with van der Waals surface area (Å²) < 4.78 is 10.5. The van der Waals surface area contributed by atoms with E-state index in [1.807, 2.05) is 18.2 Å². The lowest BCUT2D eigenvalue weighted by Gasteiger charge is -2.38. The van der Waals surface area contributed by atoms with Gasteiger partial charge in [0.1, 0.15) is 5.69 Å². The van der Waals surface area contributed by atoms with E-state index < -0.39 is 0 Å². The zero-order chi connectivity index (χ0) is 26.4. The van der Waals surface area contributed by atoms with Crippen LogP contribution in [0.5, 0.6) is 0 Å². The Bertz CT molecular complexity index is 1080. The van der Waals surface area contributed by atoms with E-state index in [4.69, 9.17) is 9.47 Å². The van der Waals surface area contributed by atoms with Crippen molar-refractivity contribution in [1.29, 1.82) is 0 Å². The highest BCUT2D eigenvalue weighted by molar-refractivity contribution is 7.14. The molecule has 3 heterocycles. The van der Waals surface area contributed by atoms with Crippen LogP contribution in [0, 0.1) is 0 Å². The third kappa shape index (κ3) is 7.05. The highest BCUT2D eigenvalue weighted by Crippen LogP contribution is 2.27. The van der Waals surface area contributed by atoms with Crippen LogP contribution in [0.2, 0.25) is 0 Å². The SMILES string of the molecule is COCCNC(=O)c1cc(CN2CCN(C)CC2C)ccc1NC(=O)c1csc(N2CC[C@H](OC)C2)n1. The lowest BCUT2D eigenvalue weighted by atomic mass is 10.1. The Balaban J connectivity index is 1.49. The number of piperazine rings is 1. The lowest BCUT2D eigenvalue weighted by Crippen LogP contribution is -2.49. The summed E-state index contributed by atoms with van der Waals surface area (Å²) in [6.45, 7) is 8.39. The van der Waals surface area contributed by atoms with Crippen LogP contribution >= 0.6 is 11.3 Å². The Kier molecular flexibility index (Phi) is 9.49. The van der Waals surface area contributed by atoms with Crippen LogP contribution in [0.15, 0.2) is 23.6 Å². The Labute approximate surface area is 222 Å². The van der Waals surface area contributed by atoms with Gasteiger partial charge in [-0.2, -0.15) is 0 Å². The molecule has 2 aliphatic rings. The second-order valence-corrected chi connectivity index (χ2v) is 10.6. The first-order valence-electron chi connectivity index (χ1n) is 12.7. The number of methoxy groups -OCH3 is 2. The zero-order valence-corrected chi connectivity index (χ0v) is 23.0. The number of rotatable bonds is 10. The number of carbonyl (C=O) groups excluding carboxylic acids is 2. The number of thiazole rings is 1. The molecule has 0 bridgehead atoms. The molecule has 1 aromatic heterocycles. The maximum Gasteiger partial charge on any atom is 0.275 e. The van der Waals surface area contributed by atoms with Crippen molar-refractivity contribution >= 4 is 34.0 Å². The summed E-state index contributed by atoms with van der Waals surface area (Å²) in [6.07, 6.45) is 1.13. The maximum atomic E-state index is 13.1. The highest BCUT2D eigenvalue weighted by atomic mass is 32.1. The van der Waals surface area contributed by atoms with Crippen LogP contribution in [-0.4, -0.2) is 106 Å². The maximum absolute atomic E-state index is 13.1. The monoisotopic (exact) mass is 530 g/mol. The van der Waals surface area contributed by atoms with E-state index in [9.17, 15) is 9.59 Å². The van der Waals surface area contributed by atoms with Crippen LogP contribution in [0.25, 0.3) is 0 Å². The molecule has 2 aromatic rings. The Hall–Kier alpha value is -2.57. The van der Waals surface area contributed by atoms with Gasteiger partial charge in [-0.05, 0) is 38.1 Å². The van der Waals surface area contributed by atoms with Gasteiger partial charge in [0, 0.05) is 71.5 Å². The molecule has 2 saturated heterocycles. The average molecular weight is 531 g/mol. The summed E-state index contributed by atoms with van der Waals surface area (Å²) in [4.78, 5) is 37.6. The van der Waals surface area contributed by atoms with E-state index in [-0.39, 0.29) is 17.9 Å². The quantitative estimate of drug-likeness (QED) is 0.451. The summed E-state index contributed by atoms with van der Waals surface area (Å²) in [7, 11) is 5.45. The van der Waals surface area contributed by atoms with Gasteiger partial charge in [-0.3, -0.25) is 14.5 Å². The Morgan fingerprint density at radius 3 is 2.73 bits per heavy atom. The second-order valence-electron chi connectivity index (χ2n) is 9.77. The molecule has 1 aromatic carbocycles. The minimum Gasteiger partial charge on any atom is -0.383 e. The third-order valence-corrected chi connectivity index (χ3v) is 7.90. The van der Waals surface area contributed by atoms with Gasteiger partial charge < -0.3 is 29.9 Å². The van der Waals surface area contributed by atoms with Crippen molar-refractivity contribution in [3.8, 4) is 0 Å². The van der Waals surface area contributed by atoms with Gasteiger partial charge in [0.25, 0.3) is 11.8 Å². The van der Waals surface area contributed by atoms with E-state index >= 15 is 0 Å². The number of carbonyl (C=O) groups is 2. The minimum atomic E-state index is -0.337. The van der Waals surface area contributed by atoms with Crippen molar-refractivity contribution in [2.75, 3.05) is 77.4 Å². The molecule has 0 saturated carbocycles. The molecule has 11 heteroatoms. The second kappa shape index (κ2) is 12.8. The highest BCUT2D eigenvalue weighted by Gasteiger charge is 2.26. The van der Waals surface area contributed by atoms with Gasteiger partial charge in [0.15, 0.2) is 5.13 Å². The number of hydrogen-bond donors (Lipinski definition) is 2. The standard InChI is InChI=1S/C26H38N6O4S/c1-18-14-30(2)10-11-31(18)15-19-5-6-22(21(13-19)24(33)27-8-12-35-3)28-25(34)23-17-37-26(29-23)32-9-7-20(16-32)36-4/h5-6,13,17-18,20H,7-12,14-16H2,1-4H3,(H,27,33)(H,28,34)/t18?,20-/m0/s1. The molecular formula is C26H38N6O4S. The normalized spacial score (nSPS) is 20.8. The smallest absolute Gasteiger partial charge is 0.275 e. The topological polar surface area (TPSA) is 99.3 Å². The third-order valence-electron chi connectivity index (χ3n) is 7.00. The van der Waals surface area contributed by atoms with Crippen molar-refractivity contribution in [2.24, 2.45) is 0 Å². The molecule has 2 N–H and O–H groups in total. The van der Waals surface area contributed by atoms with Crippen LogP contribution in [-0.2, 0) is 16.0 Å². The van der Waals surface area contributed by atoms with E-state index in [2.05, 4.69) is 44.3 Å². The largest absolute Gasteiger partial charge is 0.383 e. The lowest BCUT2D eigenvalue weighted by molar-refractivity contribution is 0.0928. The number of nitrogens with zero attached hydrogens (tertiary/aromatic N) is 4. The summed E-state index contributed by atoms with van der Waals surface area (Å²) >= 11 is 1.44. The number of anilines is 2. The summed E-state index contributed by atoms with van der Waals surface area (Å²) in [6, 6.07) is 6.10. The van der Waals surface area contributed by atoms with E-state index in [0.717, 1.165) is 56.4 Å². The fraction of sp³-hybridized carbons (Fsp3) is 0.577. The average Bonchev–Trinajstić information content (AvgIpc) is 3.56. The van der Waals surface area contributed by atoms with Crippen molar-refractivity contribution in [3.05, 3.63) is 40.4 Å². The summed E-state index contributed by atoms with van der Waals surface area (Å²) in [5.41, 5.74) is 2.26. The predicted molar refractivity (Wildman–Crippen MR) is 146 cm³/mol. The first kappa shape index (κ1) is 27.5. The first-order valence-corrected chi connectivity index (χ1v) is 13.6. The fourth-order valence-electron chi connectivity index (χ4n) is 4.79. The molecule has 2 atom stereocenters. The minimum absolute atomic E-state index is 0.188. The van der Waals surface area contributed by atoms with Crippen molar-refractivity contribution < 1.29 is 19.1 Å². The van der Waals surface area contributed by atoms with Crippen molar-refractivity contribution in [2.45, 2.75) is 32.0 Å². The molecule has 0 radical (unpaired) electrons. The molecule has 1 unspecified atom stereocenters. The molecule has 2 fully saturated rings. The van der Waals surface area contributed by atoms with Gasteiger partial charge in [-0.25, -0.2) is 4.98 Å². The van der Waals surface area contributed by atoms with Gasteiger partial charge in [-0.15, -0.1) is 11.3 Å². The van der Waals surface area contributed by atoms with Gasteiger partial charge in [0.2, 0.25) is 0 Å². The molecule has 202 valence electrons. The van der Waals surface area contributed by atoms with Crippen LogP contribution in [0.1, 0.15) is 39.8 Å². The van der Waals surface area contributed by atoms with Gasteiger partial charge >= 0.3 is 0 Å². The van der Waals surface area contributed by atoms with Crippen LogP contribution < -0.4 is 15.5 Å². The summed E-state index contributed by atoms with van der Waals surface area (Å²) in [5.74, 6) is -0.585. The van der Waals surface area contributed by atoms with Crippen molar-refractivity contribution in [3.63, 3.8) is 0 Å².